The van der Waals surface area contributed by atoms with Crippen LogP contribution in [-0.4, -0.2) is 0 Å². The van der Waals surface area contributed by atoms with Gasteiger partial charge in [0.15, 0.2) is 0 Å². The van der Waals surface area contributed by atoms with Gasteiger partial charge in [-0.2, -0.15) is 0 Å². The summed E-state index contributed by atoms with van der Waals surface area (Å²) in [6.45, 7) is 4.67. The Morgan fingerprint density at radius 3 is 1.26 bits per heavy atom. The van der Waals surface area contributed by atoms with E-state index >= 15 is 0 Å². The summed E-state index contributed by atoms with van der Waals surface area (Å²) in [5.74, 6) is 0. The maximum Gasteiger partial charge on any atom is 0.0230 e. The van der Waals surface area contributed by atoms with Crippen LogP contribution in [0, 0.1) is 0 Å². The van der Waals surface area contributed by atoms with Crippen LogP contribution >= 0.6 is 11.8 Å². The lowest BCUT2D eigenvalue weighted by Crippen LogP contribution is -1.92. The Hall–Kier alpha value is -5.37. The fraction of sp³-hybridized carbons (Fsp3) is 0.0222. The van der Waals surface area contributed by atoms with E-state index in [4.69, 9.17) is 0 Å². The highest BCUT2D eigenvalue weighted by Gasteiger charge is 2.16. The summed E-state index contributed by atoms with van der Waals surface area (Å²) in [5.41, 5.74) is 3.70. The molecule has 0 amide bonds. The summed E-state index contributed by atoms with van der Waals surface area (Å²) in [6, 6.07) is 49.0. The van der Waals surface area contributed by atoms with Crippen LogP contribution in [0.1, 0.15) is 17.5 Å². The van der Waals surface area contributed by atoms with Crippen LogP contribution in [0.3, 0.4) is 0 Å². The van der Waals surface area contributed by atoms with E-state index in [9.17, 15) is 0 Å². The summed E-state index contributed by atoms with van der Waals surface area (Å²) in [4.78, 5) is 2.31. The summed E-state index contributed by atoms with van der Waals surface area (Å²) < 4.78 is 0. The van der Waals surface area contributed by atoms with E-state index in [1.165, 1.54) is 80.7 Å². The van der Waals surface area contributed by atoms with Gasteiger partial charge in [0.05, 0.1) is 0 Å². The number of hydrogen-bond donors (Lipinski definition) is 0. The molecule has 9 rings (SSSR count). The van der Waals surface area contributed by atoms with Crippen molar-refractivity contribution in [3.05, 3.63) is 181 Å². The fourth-order valence-electron chi connectivity index (χ4n) is 7.30. The molecule has 0 heterocycles. The minimum atomic E-state index is 0.900. The first kappa shape index (κ1) is 27.0. The number of benzene rings is 8. The highest BCUT2D eigenvalue weighted by molar-refractivity contribution is 8.16. The van der Waals surface area contributed by atoms with Crippen molar-refractivity contribution in [2.45, 2.75) is 6.42 Å². The van der Waals surface area contributed by atoms with Gasteiger partial charge in [-0.25, -0.2) is 0 Å². The molecule has 0 atom stereocenters. The monoisotopic (exact) mass is 602 g/mol. The standard InChI is InChI=1S/C45H30S/c1-29(31-23-25-41-37-19-7-5-15-33(37)35-17-9-11-21-39(35)43(41)27-31)46-45(30-13-3-2-4-14-30)32-24-26-42-38-20-8-6-16-34(38)36-18-10-12-22-40(36)44(42)28-32/h2-13,15-28H,1,14H2/b45-30-. The molecule has 0 fully saturated rings. The molecule has 0 saturated carbocycles. The van der Waals surface area contributed by atoms with Gasteiger partial charge in [0, 0.05) is 9.81 Å². The lowest BCUT2D eigenvalue weighted by Gasteiger charge is -2.18. The van der Waals surface area contributed by atoms with Gasteiger partial charge in [-0.3, -0.25) is 0 Å². The molecule has 1 aliphatic rings. The van der Waals surface area contributed by atoms with Crippen molar-refractivity contribution in [1.29, 1.82) is 0 Å². The van der Waals surface area contributed by atoms with Gasteiger partial charge in [0.1, 0.15) is 0 Å². The highest BCUT2D eigenvalue weighted by Crippen LogP contribution is 2.45. The minimum Gasteiger partial charge on any atom is -0.0892 e. The summed E-state index contributed by atoms with van der Waals surface area (Å²) in [6.07, 6.45) is 9.70. The molecule has 0 nitrogen and oxygen atoms in total. The number of thioether (sulfide) groups is 1. The first-order chi connectivity index (χ1) is 22.7. The second kappa shape index (κ2) is 10.9. The van der Waals surface area contributed by atoms with Gasteiger partial charge in [-0.1, -0.05) is 164 Å². The average molecular weight is 603 g/mol. The lowest BCUT2D eigenvalue weighted by molar-refractivity contribution is 1.28. The van der Waals surface area contributed by atoms with Crippen LogP contribution in [0.5, 0.6) is 0 Å². The van der Waals surface area contributed by atoms with Gasteiger partial charge in [-0.05, 0) is 99.9 Å². The smallest absolute Gasteiger partial charge is 0.0230 e. The van der Waals surface area contributed by atoms with Gasteiger partial charge in [-0.15, -0.1) is 0 Å². The second-order valence-corrected chi connectivity index (χ2v) is 13.2. The third-order valence-corrected chi connectivity index (χ3v) is 10.7. The molecule has 0 radical (unpaired) electrons. The fourth-order valence-corrected chi connectivity index (χ4v) is 8.32. The number of allylic oxidation sites excluding steroid dienone is 5. The van der Waals surface area contributed by atoms with Crippen molar-refractivity contribution in [1.82, 2.24) is 0 Å². The average Bonchev–Trinajstić information content (AvgIpc) is 3.14. The highest BCUT2D eigenvalue weighted by atomic mass is 32.2. The Morgan fingerprint density at radius 2 is 0.826 bits per heavy atom. The van der Waals surface area contributed by atoms with Gasteiger partial charge in [0.25, 0.3) is 0 Å². The van der Waals surface area contributed by atoms with Gasteiger partial charge >= 0.3 is 0 Å². The molecule has 0 bridgehead atoms. The molecular weight excluding hydrogens is 573 g/mol. The van der Waals surface area contributed by atoms with E-state index in [0.29, 0.717) is 0 Å². The Labute approximate surface area is 272 Å². The maximum absolute atomic E-state index is 4.67. The van der Waals surface area contributed by atoms with Crippen molar-refractivity contribution in [2.24, 2.45) is 0 Å². The summed E-state index contributed by atoms with van der Waals surface area (Å²) in [5, 5.41) is 15.5. The van der Waals surface area contributed by atoms with Crippen LogP contribution in [0.15, 0.2) is 170 Å². The topological polar surface area (TPSA) is 0 Å². The first-order valence-electron chi connectivity index (χ1n) is 15.8. The first-order valence-corrected chi connectivity index (χ1v) is 16.7. The SMILES string of the molecule is C=C(S/C(=C1/C=CC=CC1)c1ccc2c3ccccc3c3ccccc3c2c1)c1ccc2c3ccccc3c3ccccc3c2c1. The third kappa shape index (κ3) is 4.31. The second-order valence-electron chi connectivity index (χ2n) is 12.1. The quantitative estimate of drug-likeness (QED) is 0.181. The zero-order chi connectivity index (χ0) is 30.6. The van der Waals surface area contributed by atoms with Crippen molar-refractivity contribution in [3.8, 4) is 0 Å². The molecule has 0 unspecified atom stereocenters. The predicted octanol–water partition coefficient (Wildman–Crippen LogP) is 13.2. The van der Waals surface area contributed by atoms with Crippen molar-refractivity contribution < 1.29 is 0 Å². The molecule has 0 aromatic heterocycles. The van der Waals surface area contributed by atoms with Crippen molar-refractivity contribution >= 4 is 86.2 Å². The maximum atomic E-state index is 4.67. The Kier molecular flexibility index (Phi) is 6.40. The van der Waals surface area contributed by atoms with E-state index in [-0.39, 0.29) is 0 Å². The number of fused-ring (bicyclic) bond motifs is 12. The Morgan fingerprint density at radius 1 is 0.435 bits per heavy atom. The number of hydrogen-bond acceptors (Lipinski definition) is 1. The Bertz CT molecular complexity index is 2580. The zero-order valence-corrected chi connectivity index (χ0v) is 26.2. The molecular formula is C45H30S. The predicted molar refractivity (Wildman–Crippen MR) is 204 cm³/mol. The van der Waals surface area contributed by atoms with E-state index in [1.54, 1.807) is 11.8 Å². The largest absolute Gasteiger partial charge is 0.0892 e. The van der Waals surface area contributed by atoms with E-state index < -0.39 is 0 Å². The van der Waals surface area contributed by atoms with Crippen molar-refractivity contribution in [2.75, 3.05) is 0 Å². The van der Waals surface area contributed by atoms with E-state index in [1.807, 2.05) is 0 Å². The number of rotatable bonds is 4. The molecule has 8 aromatic carbocycles. The Balaban J connectivity index is 1.20. The molecule has 1 heteroatoms. The lowest BCUT2D eigenvalue weighted by atomic mass is 9.92. The van der Waals surface area contributed by atoms with E-state index in [0.717, 1.165) is 16.9 Å². The normalized spacial score (nSPS) is 14.3. The van der Waals surface area contributed by atoms with E-state index in [2.05, 4.69) is 164 Å². The zero-order valence-electron chi connectivity index (χ0n) is 25.3. The van der Waals surface area contributed by atoms with Crippen molar-refractivity contribution in [3.63, 3.8) is 0 Å². The summed E-state index contributed by atoms with van der Waals surface area (Å²) in [7, 11) is 0. The molecule has 0 saturated heterocycles. The minimum absolute atomic E-state index is 0.900. The van der Waals surface area contributed by atoms with Gasteiger partial charge in [0.2, 0.25) is 0 Å². The molecule has 46 heavy (non-hydrogen) atoms. The molecule has 0 aliphatic heterocycles. The third-order valence-electron chi connectivity index (χ3n) is 9.47. The van der Waals surface area contributed by atoms with Crippen LogP contribution in [0.2, 0.25) is 0 Å². The van der Waals surface area contributed by atoms with Crippen LogP contribution in [0.4, 0.5) is 0 Å². The molecule has 216 valence electrons. The summed E-state index contributed by atoms with van der Waals surface area (Å²) >= 11 is 1.79. The van der Waals surface area contributed by atoms with Crippen LogP contribution < -0.4 is 0 Å². The van der Waals surface area contributed by atoms with Crippen LogP contribution in [-0.2, 0) is 0 Å². The van der Waals surface area contributed by atoms with Gasteiger partial charge < -0.3 is 0 Å². The molecule has 0 spiro atoms. The molecule has 0 N–H and O–H groups in total. The molecule has 8 aromatic rings. The molecule has 1 aliphatic carbocycles. The van der Waals surface area contributed by atoms with Crippen LogP contribution in [0.25, 0.3) is 74.4 Å².